The van der Waals surface area contributed by atoms with E-state index in [9.17, 15) is 4.79 Å². The molecule has 142 valence electrons. The Bertz CT molecular complexity index is 620. The minimum atomic E-state index is 0.302. The smallest absolute Gasteiger partial charge is 0.231 e. The van der Waals surface area contributed by atoms with Gasteiger partial charge < -0.3 is 9.80 Å². The lowest BCUT2D eigenvalue weighted by molar-refractivity contribution is -0.118. The van der Waals surface area contributed by atoms with E-state index in [0.29, 0.717) is 24.3 Å². The monoisotopic (exact) mass is 354 g/mol. The Labute approximate surface area is 158 Å². The molecule has 3 nitrogen and oxygen atoms in total. The number of fused-ring (bicyclic) bond motifs is 1. The molecule has 0 spiro atoms. The van der Waals surface area contributed by atoms with E-state index in [0.717, 1.165) is 25.4 Å². The number of hydrogen-bond donors (Lipinski definition) is 0. The summed E-state index contributed by atoms with van der Waals surface area (Å²) < 4.78 is 0. The molecule has 1 aromatic carbocycles. The second-order valence-corrected chi connectivity index (χ2v) is 8.87. The summed E-state index contributed by atoms with van der Waals surface area (Å²) in [6.45, 7) is 5.93. The molecule has 1 saturated carbocycles. The Hall–Kier alpha value is -1.35. The van der Waals surface area contributed by atoms with Crippen molar-refractivity contribution < 1.29 is 4.79 Å². The van der Waals surface area contributed by atoms with Crippen LogP contribution < -0.4 is 4.90 Å². The van der Waals surface area contributed by atoms with Crippen molar-refractivity contribution in [1.82, 2.24) is 4.90 Å². The minimum Gasteiger partial charge on any atom is -0.308 e. The number of carbonyl (C=O) groups is 1. The molecule has 0 radical (unpaired) electrons. The number of hydrogen-bond acceptors (Lipinski definition) is 2. The first-order chi connectivity index (χ1) is 12.7. The third-order valence-corrected chi connectivity index (χ3v) is 6.88. The highest BCUT2D eigenvalue weighted by atomic mass is 16.2. The molecule has 1 amide bonds. The lowest BCUT2D eigenvalue weighted by Gasteiger charge is -2.42. The van der Waals surface area contributed by atoms with Crippen molar-refractivity contribution in [3.8, 4) is 0 Å². The lowest BCUT2D eigenvalue weighted by atomic mass is 9.88. The number of carbonyl (C=O) groups excluding carboxylic acids is 1. The van der Waals surface area contributed by atoms with E-state index >= 15 is 0 Å². The van der Waals surface area contributed by atoms with Gasteiger partial charge in [0.05, 0.1) is 6.42 Å². The third-order valence-electron chi connectivity index (χ3n) is 6.88. The first kappa shape index (κ1) is 18.0. The van der Waals surface area contributed by atoms with Gasteiger partial charge >= 0.3 is 0 Å². The van der Waals surface area contributed by atoms with Gasteiger partial charge in [0.15, 0.2) is 0 Å². The number of benzene rings is 1. The van der Waals surface area contributed by atoms with Gasteiger partial charge in [0, 0.05) is 31.4 Å². The standard InChI is InChI=1S/C23H34N2O/c1-18-16-24(17-19-9-5-3-2-4-6-10-19)14-13-21(18)25-22-12-8-7-11-20(22)15-23(25)26/h7-8,11-12,18-19,21H,2-6,9-10,13-17H2,1H3. The number of piperidine rings is 1. The van der Waals surface area contributed by atoms with E-state index in [1.54, 1.807) is 0 Å². The molecule has 1 aliphatic carbocycles. The van der Waals surface area contributed by atoms with Crippen molar-refractivity contribution in [2.75, 3.05) is 24.5 Å². The fraction of sp³-hybridized carbons (Fsp3) is 0.696. The lowest BCUT2D eigenvalue weighted by Crippen LogP contribution is -2.52. The number of rotatable bonds is 3. The SMILES string of the molecule is CC1CN(CC2CCCCCCC2)CCC1N1C(=O)Cc2ccccc21. The van der Waals surface area contributed by atoms with Gasteiger partial charge in [-0.15, -0.1) is 0 Å². The predicted molar refractivity (Wildman–Crippen MR) is 107 cm³/mol. The van der Waals surface area contributed by atoms with Crippen molar-refractivity contribution in [3.63, 3.8) is 0 Å². The summed E-state index contributed by atoms with van der Waals surface area (Å²) in [5.41, 5.74) is 2.38. The van der Waals surface area contributed by atoms with Crippen LogP contribution in [-0.4, -0.2) is 36.5 Å². The highest BCUT2D eigenvalue weighted by molar-refractivity contribution is 6.01. The Balaban J connectivity index is 1.37. The minimum absolute atomic E-state index is 0.302. The zero-order valence-electron chi connectivity index (χ0n) is 16.3. The highest BCUT2D eigenvalue weighted by Crippen LogP contribution is 2.35. The van der Waals surface area contributed by atoms with Gasteiger partial charge in [-0.25, -0.2) is 0 Å². The maximum atomic E-state index is 12.7. The van der Waals surface area contributed by atoms with Crippen LogP contribution in [0.2, 0.25) is 0 Å². The van der Waals surface area contributed by atoms with Crippen LogP contribution in [0.4, 0.5) is 5.69 Å². The van der Waals surface area contributed by atoms with Crippen LogP contribution in [0.5, 0.6) is 0 Å². The van der Waals surface area contributed by atoms with E-state index in [1.807, 2.05) is 0 Å². The quantitative estimate of drug-likeness (QED) is 0.789. The molecule has 0 bridgehead atoms. The first-order valence-corrected chi connectivity index (χ1v) is 10.8. The molecule has 1 saturated heterocycles. The summed E-state index contributed by atoms with van der Waals surface area (Å²) in [5, 5.41) is 0. The van der Waals surface area contributed by atoms with Crippen molar-refractivity contribution >= 4 is 11.6 Å². The summed E-state index contributed by atoms with van der Waals surface area (Å²) in [6, 6.07) is 8.74. The molecule has 0 aromatic heterocycles. The fourth-order valence-corrected chi connectivity index (χ4v) is 5.50. The van der Waals surface area contributed by atoms with Crippen LogP contribution >= 0.6 is 0 Å². The maximum absolute atomic E-state index is 12.7. The van der Waals surface area contributed by atoms with E-state index in [2.05, 4.69) is 41.0 Å². The maximum Gasteiger partial charge on any atom is 0.231 e. The molecule has 3 aliphatic rings. The molecule has 2 aliphatic heterocycles. The van der Waals surface area contributed by atoms with Crippen LogP contribution in [0.15, 0.2) is 24.3 Å². The predicted octanol–water partition coefficient (Wildman–Crippen LogP) is 4.65. The molecule has 2 heterocycles. The molecule has 3 heteroatoms. The van der Waals surface area contributed by atoms with Crippen LogP contribution in [0, 0.1) is 11.8 Å². The molecule has 2 atom stereocenters. The van der Waals surface area contributed by atoms with Crippen molar-refractivity contribution in [1.29, 1.82) is 0 Å². The number of para-hydroxylation sites is 1. The van der Waals surface area contributed by atoms with Gasteiger partial charge in [-0.05, 0) is 42.7 Å². The molecule has 2 fully saturated rings. The second kappa shape index (κ2) is 8.12. The Morgan fingerprint density at radius 3 is 2.50 bits per heavy atom. The number of anilines is 1. The summed E-state index contributed by atoms with van der Waals surface area (Å²) >= 11 is 0. The molecular weight excluding hydrogens is 320 g/mol. The fourth-order valence-electron chi connectivity index (χ4n) is 5.50. The van der Waals surface area contributed by atoms with E-state index in [-0.39, 0.29) is 0 Å². The number of likely N-dealkylation sites (tertiary alicyclic amines) is 1. The summed E-state index contributed by atoms with van der Waals surface area (Å²) in [4.78, 5) is 17.5. The van der Waals surface area contributed by atoms with E-state index in [1.165, 1.54) is 62.7 Å². The second-order valence-electron chi connectivity index (χ2n) is 8.87. The van der Waals surface area contributed by atoms with E-state index in [4.69, 9.17) is 0 Å². The van der Waals surface area contributed by atoms with Crippen LogP contribution in [0.1, 0.15) is 63.9 Å². The molecule has 2 unspecified atom stereocenters. The topological polar surface area (TPSA) is 23.6 Å². The van der Waals surface area contributed by atoms with E-state index < -0.39 is 0 Å². The normalized spacial score (nSPS) is 28.7. The van der Waals surface area contributed by atoms with Crippen LogP contribution in [0.3, 0.4) is 0 Å². The molecule has 0 N–H and O–H groups in total. The Kier molecular flexibility index (Phi) is 5.63. The zero-order chi connectivity index (χ0) is 17.9. The zero-order valence-corrected chi connectivity index (χ0v) is 16.3. The average molecular weight is 355 g/mol. The van der Waals surface area contributed by atoms with Crippen LogP contribution in [0.25, 0.3) is 0 Å². The number of amides is 1. The Morgan fingerprint density at radius 2 is 1.73 bits per heavy atom. The summed E-state index contributed by atoms with van der Waals surface area (Å²) in [6.07, 6.45) is 11.7. The van der Waals surface area contributed by atoms with Crippen molar-refractivity contribution in [3.05, 3.63) is 29.8 Å². The first-order valence-electron chi connectivity index (χ1n) is 10.8. The summed E-state index contributed by atoms with van der Waals surface area (Å²) in [5.74, 6) is 1.75. The van der Waals surface area contributed by atoms with Crippen molar-refractivity contribution in [2.24, 2.45) is 11.8 Å². The van der Waals surface area contributed by atoms with Gasteiger partial charge in [-0.2, -0.15) is 0 Å². The van der Waals surface area contributed by atoms with Gasteiger partial charge in [-0.3, -0.25) is 4.79 Å². The molecule has 26 heavy (non-hydrogen) atoms. The van der Waals surface area contributed by atoms with Crippen LogP contribution in [-0.2, 0) is 11.2 Å². The highest BCUT2D eigenvalue weighted by Gasteiger charge is 2.38. The molecular formula is C23H34N2O. The van der Waals surface area contributed by atoms with Gasteiger partial charge in [0.25, 0.3) is 0 Å². The largest absolute Gasteiger partial charge is 0.308 e. The molecule has 4 rings (SSSR count). The summed E-state index contributed by atoms with van der Waals surface area (Å²) in [7, 11) is 0. The Morgan fingerprint density at radius 1 is 1.00 bits per heavy atom. The third kappa shape index (κ3) is 3.83. The molecule has 1 aromatic rings. The average Bonchev–Trinajstić information content (AvgIpc) is 2.93. The van der Waals surface area contributed by atoms with Gasteiger partial charge in [0.1, 0.15) is 0 Å². The number of nitrogens with zero attached hydrogens (tertiary/aromatic N) is 2. The van der Waals surface area contributed by atoms with Gasteiger partial charge in [0.2, 0.25) is 5.91 Å². The van der Waals surface area contributed by atoms with Gasteiger partial charge in [-0.1, -0.05) is 57.2 Å². The van der Waals surface area contributed by atoms with Crippen molar-refractivity contribution in [2.45, 2.75) is 70.8 Å².